The summed E-state index contributed by atoms with van der Waals surface area (Å²) in [6.07, 6.45) is 0. The average Bonchev–Trinajstić information content (AvgIpc) is 3.09. The van der Waals surface area contributed by atoms with Crippen LogP contribution in [0.2, 0.25) is 0 Å². The van der Waals surface area contributed by atoms with Crippen LogP contribution in [0.15, 0.2) is 18.2 Å². The molecule has 1 fully saturated rings. The number of hydrogen-bond donors (Lipinski definition) is 3. The second kappa shape index (κ2) is 10.7. The SMILES string of the molecule is COc1cccc(OC)c1C(=O)NC(C(=O)OCC(N)C(=O)[O-])C1NC(C(=O)[O-])C(C)(C)S1. The summed E-state index contributed by atoms with van der Waals surface area (Å²) in [7, 11) is 2.69. The van der Waals surface area contributed by atoms with Gasteiger partial charge in [0.05, 0.1) is 43.6 Å². The van der Waals surface area contributed by atoms with E-state index in [0.29, 0.717) is 0 Å². The van der Waals surface area contributed by atoms with Gasteiger partial charge >= 0.3 is 5.97 Å². The Balaban J connectivity index is 2.36. The number of carbonyl (C=O) groups is 4. The third-order valence-corrected chi connectivity index (χ3v) is 6.40. The Kier molecular flexibility index (Phi) is 8.52. The largest absolute Gasteiger partial charge is 0.548 e. The summed E-state index contributed by atoms with van der Waals surface area (Å²) >= 11 is 1.07. The summed E-state index contributed by atoms with van der Waals surface area (Å²) in [5.41, 5.74) is 5.32. The molecule has 1 aromatic rings. The first-order valence-electron chi connectivity index (χ1n) is 9.72. The molecule has 2 rings (SSSR count). The van der Waals surface area contributed by atoms with Crippen molar-refractivity contribution in [2.45, 2.75) is 42.1 Å². The van der Waals surface area contributed by atoms with Crippen molar-refractivity contribution in [2.75, 3.05) is 20.8 Å². The van der Waals surface area contributed by atoms with E-state index >= 15 is 0 Å². The minimum absolute atomic E-state index is 0.00885. The summed E-state index contributed by atoms with van der Waals surface area (Å²) in [5.74, 6) is -4.50. The number of nitrogens with two attached hydrogens (primary N) is 1. The highest BCUT2D eigenvalue weighted by molar-refractivity contribution is 8.01. The molecule has 13 heteroatoms. The van der Waals surface area contributed by atoms with E-state index in [-0.39, 0.29) is 17.1 Å². The summed E-state index contributed by atoms with van der Waals surface area (Å²) in [4.78, 5) is 48.3. The molecule has 182 valence electrons. The highest BCUT2D eigenvalue weighted by atomic mass is 32.2. The smallest absolute Gasteiger partial charge is 0.331 e. The van der Waals surface area contributed by atoms with Gasteiger partial charge in [0, 0.05) is 4.75 Å². The third kappa shape index (κ3) is 6.06. The molecule has 0 aliphatic carbocycles. The summed E-state index contributed by atoms with van der Waals surface area (Å²) in [6.45, 7) is 2.55. The van der Waals surface area contributed by atoms with Gasteiger partial charge in [0.25, 0.3) is 5.91 Å². The predicted molar refractivity (Wildman–Crippen MR) is 112 cm³/mol. The quantitative estimate of drug-likeness (QED) is 0.286. The molecule has 1 aromatic carbocycles. The van der Waals surface area contributed by atoms with E-state index in [1.54, 1.807) is 19.9 Å². The number of methoxy groups -OCH3 is 2. The van der Waals surface area contributed by atoms with Gasteiger partial charge in [-0.1, -0.05) is 6.07 Å². The number of carboxylic acids is 2. The van der Waals surface area contributed by atoms with Crippen molar-refractivity contribution < 1.29 is 43.6 Å². The standard InChI is InChI=1S/C20H27N3O9S/c1-20(2)14(18(27)28)23-16(33-20)13(19(29)32-8-9(21)17(25)26)22-15(24)12-10(30-3)6-5-7-11(12)31-4/h5-7,9,13-14,16,23H,8,21H2,1-4H3,(H,22,24)(H,25,26)(H,27,28)/p-2. The van der Waals surface area contributed by atoms with Gasteiger partial charge in [-0.05, 0) is 26.0 Å². The Morgan fingerprint density at radius 1 is 1.18 bits per heavy atom. The van der Waals surface area contributed by atoms with Crippen LogP contribution in [-0.4, -0.2) is 72.9 Å². The van der Waals surface area contributed by atoms with Gasteiger partial charge in [0.15, 0.2) is 6.04 Å². The lowest BCUT2D eigenvalue weighted by Crippen LogP contribution is -2.57. The molecule has 12 nitrogen and oxygen atoms in total. The van der Waals surface area contributed by atoms with Crippen LogP contribution in [0.25, 0.3) is 0 Å². The van der Waals surface area contributed by atoms with Gasteiger partial charge in [-0.15, -0.1) is 11.8 Å². The molecule has 33 heavy (non-hydrogen) atoms. The minimum atomic E-state index is -1.63. The van der Waals surface area contributed by atoms with E-state index in [1.165, 1.54) is 26.4 Å². The topological polar surface area (TPSA) is 192 Å². The van der Waals surface area contributed by atoms with Crippen molar-refractivity contribution in [3.05, 3.63) is 23.8 Å². The maximum atomic E-state index is 13.1. The van der Waals surface area contributed by atoms with Gasteiger partial charge in [-0.25, -0.2) is 4.79 Å². The number of thioether (sulfide) groups is 1. The van der Waals surface area contributed by atoms with Crippen molar-refractivity contribution in [2.24, 2.45) is 5.73 Å². The monoisotopic (exact) mass is 483 g/mol. The Labute approximate surface area is 194 Å². The highest BCUT2D eigenvalue weighted by Crippen LogP contribution is 2.39. The van der Waals surface area contributed by atoms with Crippen LogP contribution in [0.5, 0.6) is 11.5 Å². The molecule has 1 aliphatic heterocycles. The molecule has 0 aromatic heterocycles. The molecule has 0 radical (unpaired) electrons. The molecule has 4 atom stereocenters. The average molecular weight is 483 g/mol. The molecule has 1 aliphatic rings. The maximum absolute atomic E-state index is 13.1. The number of ether oxygens (including phenoxy) is 3. The van der Waals surface area contributed by atoms with Crippen LogP contribution in [0.3, 0.4) is 0 Å². The van der Waals surface area contributed by atoms with Gasteiger partial charge in [-0.3, -0.25) is 10.1 Å². The van der Waals surface area contributed by atoms with Gasteiger partial charge < -0.3 is 45.1 Å². The van der Waals surface area contributed by atoms with E-state index in [4.69, 9.17) is 19.9 Å². The van der Waals surface area contributed by atoms with Gasteiger partial charge in [0.1, 0.15) is 23.7 Å². The summed E-state index contributed by atoms with van der Waals surface area (Å²) in [5, 5.41) is 26.7. The van der Waals surface area contributed by atoms with Crippen LogP contribution in [0.4, 0.5) is 0 Å². The Morgan fingerprint density at radius 2 is 1.76 bits per heavy atom. The number of carbonyl (C=O) groups excluding carboxylic acids is 4. The van der Waals surface area contributed by atoms with Crippen molar-refractivity contribution in [3.63, 3.8) is 0 Å². The summed E-state index contributed by atoms with van der Waals surface area (Å²) in [6, 6.07) is 0.461. The first-order valence-corrected chi connectivity index (χ1v) is 10.6. The van der Waals surface area contributed by atoms with E-state index < -0.39 is 58.7 Å². The summed E-state index contributed by atoms with van der Waals surface area (Å²) < 4.78 is 14.5. The molecular weight excluding hydrogens is 458 g/mol. The van der Waals surface area contributed by atoms with E-state index in [2.05, 4.69) is 10.6 Å². The van der Waals surface area contributed by atoms with Crippen molar-refractivity contribution in [1.29, 1.82) is 0 Å². The zero-order chi connectivity index (χ0) is 24.9. The molecule has 0 bridgehead atoms. The van der Waals surface area contributed by atoms with E-state index in [1.807, 2.05) is 0 Å². The van der Waals surface area contributed by atoms with Crippen LogP contribution < -0.4 is 36.1 Å². The number of aliphatic carboxylic acids is 2. The third-order valence-electron chi connectivity index (χ3n) is 4.90. The van der Waals surface area contributed by atoms with Gasteiger partial charge in [-0.2, -0.15) is 0 Å². The first kappa shape index (κ1) is 26.2. The fourth-order valence-corrected chi connectivity index (χ4v) is 4.66. The molecule has 1 amide bonds. The molecule has 1 heterocycles. The predicted octanol–water partition coefficient (Wildman–Crippen LogP) is -3.02. The van der Waals surface area contributed by atoms with Crippen LogP contribution >= 0.6 is 11.8 Å². The molecular formula is C20H25N3O9S-2. The lowest BCUT2D eigenvalue weighted by atomic mass is 10.0. The second-order valence-corrected chi connectivity index (χ2v) is 9.40. The van der Waals surface area contributed by atoms with Crippen molar-refractivity contribution >= 4 is 35.6 Å². The molecule has 4 unspecified atom stereocenters. The second-order valence-electron chi connectivity index (χ2n) is 7.60. The molecule has 0 saturated carbocycles. The number of nitrogens with one attached hydrogen (secondary N) is 2. The zero-order valence-corrected chi connectivity index (χ0v) is 19.2. The Morgan fingerprint density at radius 3 is 2.21 bits per heavy atom. The molecule has 0 spiro atoms. The number of rotatable bonds is 10. The zero-order valence-electron chi connectivity index (χ0n) is 18.4. The number of carboxylic acid groups (broad SMARTS) is 2. The molecule has 4 N–H and O–H groups in total. The highest BCUT2D eigenvalue weighted by Gasteiger charge is 2.47. The number of benzene rings is 1. The number of esters is 1. The normalized spacial score (nSPS) is 20.9. The lowest BCUT2D eigenvalue weighted by molar-refractivity contribution is -0.310. The number of amides is 1. The first-order chi connectivity index (χ1) is 15.4. The van der Waals surface area contributed by atoms with Crippen LogP contribution in [0.1, 0.15) is 24.2 Å². The fraction of sp³-hybridized carbons (Fsp3) is 0.500. The van der Waals surface area contributed by atoms with Crippen LogP contribution in [0, 0.1) is 0 Å². The number of hydrogen-bond acceptors (Lipinski definition) is 12. The van der Waals surface area contributed by atoms with Gasteiger partial charge in [0.2, 0.25) is 0 Å². The minimum Gasteiger partial charge on any atom is -0.548 e. The van der Waals surface area contributed by atoms with Crippen molar-refractivity contribution in [3.8, 4) is 11.5 Å². The Hall–Kier alpha value is -3.03. The van der Waals surface area contributed by atoms with Crippen LogP contribution in [-0.2, 0) is 19.1 Å². The molecule has 1 saturated heterocycles. The fourth-order valence-electron chi connectivity index (χ4n) is 3.19. The van der Waals surface area contributed by atoms with E-state index in [9.17, 15) is 29.4 Å². The Bertz CT molecular complexity index is 902. The maximum Gasteiger partial charge on any atom is 0.331 e. The van der Waals surface area contributed by atoms with Crippen molar-refractivity contribution in [1.82, 2.24) is 10.6 Å². The lowest BCUT2D eigenvalue weighted by Gasteiger charge is -2.25. The van der Waals surface area contributed by atoms with E-state index in [0.717, 1.165) is 11.8 Å².